The molecule has 0 aromatic carbocycles. The molecule has 2 nitrogen and oxygen atoms in total. The van der Waals surface area contributed by atoms with Crippen LogP contribution < -0.4 is 0 Å². The van der Waals surface area contributed by atoms with Crippen molar-refractivity contribution in [2.45, 2.75) is 57.0 Å². The van der Waals surface area contributed by atoms with E-state index in [0.29, 0.717) is 0 Å². The third kappa shape index (κ3) is 1.88. The van der Waals surface area contributed by atoms with Gasteiger partial charge in [-0.15, -0.1) is 0 Å². The van der Waals surface area contributed by atoms with Crippen molar-refractivity contribution < 1.29 is 0 Å². The molecule has 2 unspecified atom stereocenters. The van der Waals surface area contributed by atoms with Crippen LogP contribution >= 0.6 is 0 Å². The van der Waals surface area contributed by atoms with E-state index in [1.54, 1.807) is 5.70 Å². The molecule has 2 fully saturated rings. The monoisotopic (exact) mass is 220 g/mol. The van der Waals surface area contributed by atoms with Crippen LogP contribution in [0.2, 0.25) is 0 Å². The standard InChI is InChI=1S/C14H24N2/c1-15-12-6-5-7-13(15)11-14(10-12)16-8-3-2-4-9-16/h10,12-13H,2-9,11H2,1H3. The van der Waals surface area contributed by atoms with Gasteiger partial charge >= 0.3 is 0 Å². The zero-order chi connectivity index (χ0) is 11.0. The van der Waals surface area contributed by atoms with E-state index in [9.17, 15) is 0 Å². The molecule has 0 saturated carbocycles. The summed E-state index contributed by atoms with van der Waals surface area (Å²) < 4.78 is 0. The number of piperidine rings is 2. The molecule has 3 aliphatic rings. The second-order valence-electron chi connectivity index (χ2n) is 5.73. The van der Waals surface area contributed by atoms with Crippen molar-refractivity contribution in [2.75, 3.05) is 20.1 Å². The van der Waals surface area contributed by atoms with Gasteiger partial charge in [0.05, 0.1) is 0 Å². The van der Waals surface area contributed by atoms with Crippen LogP contribution in [-0.2, 0) is 0 Å². The van der Waals surface area contributed by atoms with Crippen LogP contribution in [0, 0.1) is 0 Å². The number of hydrogen-bond donors (Lipinski definition) is 0. The molecule has 2 saturated heterocycles. The molecule has 0 aromatic rings. The minimum atomic E-state index is 0.740. The van der Waals surface area contributed by atoms with Gasteiger partial charge < -0.3 is 4.90 Å². The van der Waals surface area contributed by atoms with Gasteiger partial charge in [-0.05, 0) is 45.2 Å². The highest BCUT2D eigenvalue weighted by Gasteiger charge is 2.32. The van der Waals surface area contributed by atoms with Gasteiger partial charge in [-0.1, -0.05) is 6.42 Å². The first kappa shape index (κ1) is 10.6. The highest BCUT2D eigenvalue weighted by molar-refractivity contribution is 5.15. The Hall–Kier alpha value is -0.500. The summed E-state index contributed by atoms with van der Waals surface area (Å²) >= 11 is 0. The van der Waals surface area contributed by atoms with Crippen molar-refractivity contribution in [3.8, 4) is 0 Å². The van der Waals surface area contributed by atoms with Crippen LogP contribution in [0.4, 0.5) is 0 Å². The predicted octanol–water partition coefficient (Wildman–Crippen LogP) is 2.61. The first-order valence-electron chi connectivity index (χ1n) is 7.02. The van der Waals surface area contributed by atoms with Gasteiger partial charge in [-0.3, -0.25) is 4.90 Å². The molecule has 3 heterocycles. The molecular weight excluding hydrogens is 196 g/mol. The highest BCUT2D eigenvalue weighted by atomic mass is 15.2. The van der Waals surface area contributed by atoms with Gasteiger partial charge in [0.2, 0.25) is 0 Å². The lowest BCUT2D eigenvalue weighted by molar-refractivity contribution is 0.112. The molecule has 3 rings (SSSR count). The number of hydrogen-bond acceptors (Lipinski definition) is 2. The molecule has 16 heavy (non-hydrogen) atoms. The lowest BCUT2D eigenvalue weighted by Gasteiger charge is -2.45. The maximum atomic E-state index is 2.67. The van der Waals surface area contributed by atoms with Crippen molar-refractivity contribution in [3.05, 3.63) is 11.8 Å². The minimum Gasteiger partial charge on any atom is -0.375 e. The Balaban J connectivity index is 1.75. The van der Waals surface area contributed by atoms with Gasteiger partial charge in [-0.2, -0.15) is 0 Å². The molecule has 2 atom stereocenters. The quantitative estimate of drug-likeness (QED) is 0.670. The van der Waals surface area contributed by atoms with Gasteiger partial charge in [-0.25, -0.2) is 0 Å². The van der Waals surface area contributed by atoms with E-state index < -0.39 is 0 Å². The van der Waals surface area contributed by atoms with E-state index >= 15 is 0 Å². The predicted molar refractivity (Wildman–Crippen MR) is 67.3 cm³/mol. The fraction of sp³-hybridized carbons (Fsp3) is 0.857. The Morgan fingerprint density at radius 2 is 1.88 bits per heavy atom. The molecule has 0 spiro atoms. The molecule has 90 valence electrons. The SMILES string of the molecule is CN1C2C=C(N3CCCCC3)CC1CCC2. The Bertz CT molecular complexity index is 278. The second kappa shape index (κ2) is 4.40. The molecule has 3 aliphatic heterocycles. The second-order valence-corrected chi connectivity index (χ2v) is 5.73. The molecule has 0 N–H and O–H groups in total. The van der Waals surface area contributed by atoms with Crippen LogP contribution in [0.25, 0.3) is 0 Å². The van der Waals surface area contributed by atoms with Crippen molar-refractivity contribution in [2.24, 2.45) is 0 Å². The first-order valence-corrected chi connectivity index (χ1v) is 7.02. The summed E-state index contributed by atoms with van der Waals surface area (Å²) in [6, 6.07) is 1.57. The number of nitrogens with zero attached hydrogens (tertiary/aromatic N) is 2. The largest absolute Gasteiger partial charge is 0.375 e. The summed E-state index contributed by atoms with van der Waals surface area (Å²) in [7, 11) is 2.32. The highest BCUT2D eigenvalue weighted by Crippen LogP contribution is 2.33. The van der Waals surface area contributed by atoms with Crippen LogP contribution in [-0.4, -0.2) is 42.0 Å². The van der Waals surface area contributed by atoms with Gasteiger partial charge in [0.1, 0.15) is 0 Å². The maximum absolute atomic E-state index is 2.67. The van der Waals surface area contributed by atoms with E-state index in [1.165, 1.54) is 58.0 Å². The van der Waals surface area contributed by atoms with E-state index in [2.05, 4.69) is 22.9 Å². The Morgan fingerprint density at radius 3 is 2.62 bits per heavy atom. The normalized spacial score (nSPS) is 36.1. The van der Waals surface area contributed by atoms with Gasteiger partial charge in [0.15, 0.2) is 0 Å². The maximum Gasteiger partial charge on any atom is 0.0297 e. The van der Waals surface area contributed by atoms with E-state index in [4.69, 9.17) is 0 Å². The summed E-state index contributed by atoms with van der Waals surface area (Å²) in [6.07, 6.45) is 12.4. The number of rotatable bonds is 1. The molecule has 2 heteroatoms. The van der Waals surface area contributed by atoms with Crippen LogP contribution in [0.1, 0.15) is 44.9 Å². The lowest BCUT2D eigenvalue weighted by Crippen LogP contribution is -2.48. The Labute approximate surface area is 99.3 Å². The third-order valence-electron chi connectivity index (χ3n) is 4.73. The van der Waals surface area contributed by atoms with Crippen molar-refractivity contribution in [1.29, 1.82) is 0 Å². The average Bonchev–Trinajstić information content (AvgIpc) is 2.30. The van der Waals surface area contributed by atoms with Gasteiger partial charge in [0.25, 0.3) is 0 Å². The minimum absolute atomic E-state index is 0.740. The third-order valence-corrected chi connectivity index (χ3v) is 4.73. The summed E-state index contributed by atoms with van der Waals surface area (Å²) in [6.45, 7) is 2.63. The molecule has 0 radical (unpaired) electrons. The molecule has 2 bridgehead atoms. The zero-order valence-electron chi connectivity index (χ0n) is 10.5. The van der Waals surface area contributed by atoms with Crippen molar-refractivity contribution >= 4 is 0 Å². The van der Waals surface area contributed by atoms with Crippen LogP contribution in [0.3, 0.4) is 0 Å². The molecule has 0 aliphatic carbocycles. The number of likely N-dealkylation sites (N-methyl/N-ethyl adjacent to an activating group) is 1. The fourth-order valence-electron chi connectivity index (χ4n) is 3.63. The molecule has 0 aromatic heterocycles. The molecule has 0 amide bonds. The fourth-order valence-corrected chi connectivity index (χ4v) is 3.63. The summed E-state index contributed by atoms with van der Waals surface area (Å²) in [5.41, 5.74) is 1.67. The summed E-state index contributed by atoms with van der Waals surface area (Å²) in [5, 5.41) is 0. The smallest absolute Gasteiger partial charge is 0.0297 e. The van der Waals surface area contributed by atoms with Crippen LogP contribution in [0.15, 0.2) is 11.8 Å². The molecular formula is C14H24N2. The number of likely N-dealkylation sites (tertiary alicyclic amines) is 1. The average molecular weight is 220 g/mol. The van der Waals surface area contributed by atoms with Crippen molar-refractivity contribution in [3.63, 3.8) is 0 Å². The van der Waals surface area contributed by atoms with E-state index in [0.717, 1.165) is 12.1 Å². The van der Waals surface area contributed by atoms with E-state index in [1.807, 2.05) is 0 Å². The topological polar surface area (TPSA) is 6.48 Å². The zero-order valence-corrected chi connectivity index (χ0v) is 10.5. The van der Waals surface area contributed by atoms with E-state index in [-0.39, 0.29) is 0 Å². The lowest BCUT2D eigenvalue weighted by atomic mass is 9.87. The van der Waals surface area contributed by atoms with Crippen LogP contribution in [0.5, 0.6) is 0 Å². The summed E-state index contributed by atoms with van der Waals surface area (Å²) in [4.78, 5) is 5.28. The summed E-state index contributed by atoms with van der Waals surface area (Å²) in [5.74, 6) is 0. The Kier molecular flexibility index (Phi) is 2.93. The van der Waals surface area contributed by atoms with Gasteiger partial charge in [0, 0.05) is 37.3 Å². The number of fused-ring (bicyclic) bond motifs is 2. The van der Waals surface area contributed by atoms with Crippen molar-refractivity contribution in [1.82, 2.24) is 9.80 Å². The Morgan fingerprint density at radius 1 is 1.06 bits per heavy atom. The first-order chi connectivity index (χ1) is 7.84.